The number of nitrogens with zero attached hydrogens (tertiary/aromatic N) is 1. The molecule has 1 heterocycles. The Morgan fingerprint density at radius 1 is 0.966 bits per heavy atom. The van der Waals surface area contributed by atoms with Crippen LogP contribution in [0.3, 0.4) is 0 Å². The second-order valence-electron chi connectivity index (χ2n) is 6.90. The smallest absolute Gasteiger partial charge is 0.323 e. The Labute approximate surface area is 173 Å². The number of para-hydroxylation sites is 1. The summed E-state index contributed by atoms with van der Waals surface area (Å²) in [6.07, 6.45) is 0.505. The van der Waals surface area contributed by atoms with Crippen LogP contribution in [0.1, 0.15) is 16.8 Å². The summed E-state index contributed by atoms with van der Waals surface area (Å²) in [4.78, 5) is 11.4. The van der Waals surface area contributed by atoms with Gasteiger partial charge in [0, 0.05) is 22.3 Å². The lowest BCUT2D eigenvalue weighted by molar-refractivity contribution is -0.137. The number of carbonyl (C=O) groups is 1. The Bertz CT molecular complexity index is 1180. The summed E-state index contributed by atoms with van der Waals surface area (Å²) in [6, 6.07) is 23.1. The van der Waals surface area contributed by atoms with Crippen LogP contribution in [-0.2, 0) is 24.4 Å². The first-order valence-corrected chi connectivity index (χ1v) is 9.67. The van der Waals surface area contributed by atoms with E-state index in [0.717, 1.165) is 33.2 Å². The molecule has 4 aromatic rings. The molecule has 0 amide bonds. The van der Waals surface area contributed by atoms with Gasteiger partial charge in [-0.25, -0.2) is 4.39 Å². The zero-order valence-electron chi connectivity index (χ0n) is 15.6. The normalized spacial score (nSPS) is 11.1. The fourth-order valence-corrected chi connectivity index (χ4v) is 4.00. The molecule has 0 spiro atoms. The molecule has 3 aromatic carbocycles. The zero-order valence-corrected chi connectivity index (χ0v) is 16.4. The number of hydrogen-bond donors (Lipinski definition) is 1. The topological polar surface area (TPSA) is 42.2 Å². The summed E-state index contributed by atoms with van der Waals surface area (Å²) in [5, 5.41) is 10.9. The number of hydrogen-bond acceptors (Lipinski definition) is 1. The van der Waals surface area contributed by atoms with Crippen LogP contribution in [0, 0.1) is 0 Å². The van der Waals surface area contributed by atoms with Gasteiger partial charge in [-0.05, 0) is 40.5 Å². The standard InChI is InChI=1S/C24H19ClFNO2/c25-18-11-9-16(10-12-18)19-6-2-1-5-17(19)13-21-20-7-3-4-8-22(20)27(15-24(28)29)23(21)14-26/h1-12H,13-15H2,(H,28,29). The lowest BCUT2D eigenvalue weighted by atomic mass is 9.94. The van der Waals surface area contributed by atoms with E-state index in [-0.39, 0.29) is 6.54 Å². The van der Waals surface area contributed by atoms with Crippen LogP contribution in [0.25, 0.3) is 22.0 Å². The molecule has 1 N–H and O–H groups in total. The van der Waals surface area contributed by atoms with Gasteiger partial charge in [0.1, 0.15) is 13.2 Å². The van der Waals surface area contributed by atoms with E-state index in [4.69, 9.17) is 11.6 Å². The van der Waals surface area contributed by atoms with Crippen LogP contribution in [0.4, 0.5) is 4.39 Å². The van der Waals surface area contributed by atoms with Crippen LogP contribution in [0.15, 0.2) is 72.8 Å². The van der Waals surface area contributed by atoms with E-state index >= 15 is 0 Å². The molecular formula is C24H19ClFNO2. The predicted molar refractivity (Wildman–Crippen MR) is 114 cm³/mol. The maximum absolute atomic E-state index is 14.1. The van der Waals surface area contributed by atoms with Crippen molar-refractivity contribution in [2.24, 2.45) is 0 Å². The fourth-order valence-electron chi connectivity index (χ4n) is 3.87. The van der Waals surface area contributed by atoms with Crippen molar-refractivity contribution in [1.82, 2.24) is 4.57 Å². The van der Waals surface area contributed by atoms with Crippen molar-refractivity contribution in [1.29, 1.82) is 0 Å². The maximum atomic E-state index is 14.1. The Morgan fingerprint density at radius 3 is 2.38 bits per heavy atom. The molecule has 0 aliphatic heterocycles. The van der Waals surface area contributed by atoms with Crippen molar-refractivity contribution < 1.29 is 14.3 Å². The van der Waals surface area contributed by atoms with Gasteiger partial charge in [0.05, 0.1) is 5.69 Å². The Balaban J connectivity index is 1.86. The number of aliphatic carboxylic acids is 1. The summed E-state index contributed by atoms with van der Waals surface area (Å²) in [7, 11) is 0. The van der Waals surface area contributed by atoms with Crippen molar-refractivity contribution in [3.63, 3.8) is 0 Å². The minimum absolute atomic E-state index is 0.265. The van der Waals surface area contributed by atoms with E-state index < -0.39 is 12.6 Å². The molecule has 0 unspecified atom stereocenters. The van der Waals surface area contributed by atoms with Gasteiger partial charge < -0.3 is 9.67 Å². The summed E-state index contributed by atoms with van der Waals surface area (Å²) < 4.78 is 15.6. The number of halogens is 2. The molecule has 0 atom stereocenters. The van der Waals surface area contributed by atoms with E-state index in [2.05, 4.69) is 0 Å². The van der Waals surface area contributed by atoms with Crippen molar-refractivity contribution in [2.75, 3.05) is 0 Å². The molecule has 0 saturated heterocycles. The van der Waals surface area contributed by atoms with Crippen LogP contribution in [-0.4, -0.2) is 15.6 Å². The third-order valence-electron chi connectivity index (χ3n) is 5.15. The number of aromatic nitrogens is 1. The average Bonchev–Trinajstić information content (AvgIpc) is 3.01. The van der Waals surface area contributed by atoms with Gasteiger partial charge in [-0.1, -0.05) is 66.2 Å². The third kappa shape index (κ3) is 3.76. The number of fused-ring (bicyclic) bond motifs is 1. The van der Waals surface area contributed by atoms with Gasteiger partial charge in [0.2, 0.25) is 0 Å². The summed E-state index contributed by atoms with van der Waals surface area (Å²) in [5.74, 6) is -0.992. The first-order chi connectivity index (χ1) is 14.1. The second-order valence-corrected chi connectivity index (χ2v) is 7.33. The van der Waals surface area contributed by atoms with Crippen LogP contribution in [0.5, 0.6) is 0 Å². The summed E-state index contributed by atoms with van der Waals surface area (Å²) in [5.41, 5.74) is 5.10. The Kier molecular flexibility index (Phi) is 5.36. The highest BCUT2D eigenvalue weighted by Gasteiger charge is 2.19. The van der Waals surface area contributed by atoms with Gasteiger partial charge in [-0.15, -0.1) is 0 Å². The molecule has 4 rings (SSSR count). The quantitative estimate of drug-likeness (QED) is 0.419. The molecular weight excluding hydrogens is 389 g/mol. The molecule has 5 heteroatoms. The highest BCUT2D eigenvalue weighted by Crippen LogP contribution is 2.33. The lowest BCUT2D eigenvalue weighted by Gasteiger charge is -2.11. The molecule has 29 heavy (non-hydrogen) atoms. The first kappa shape index (κ1) is 19.2. The molecule has 0 bridgehead atoms. The van der Waals surface area contributed by atoms with Crippen LogP contribution in [0.2, 0.25) is 5.02 Å². The first-order valence-electron chi connectivity index (χ1n) is 9.29. The predicted octanol–water partition coefficient (Wildman–Crippen LogP) is 6.11. The number of rotatable bonds is 6. The number of carboxylic acids is 1. The molecule has 0 aliphatic carbocycles. The van der Waals surface area contributed by atoms with Gasteiger partial charge in [0.15, 0.2) is 0 Å². The summed E-state index contributed by atoms with van der Waals surface area (Å²) in [6.45, 7) is -0.987. The molecule has 1 aromatic heterocycles. The van der Waals surface area contributed by atoms with E-state index in [1.54, 1.807) is 4.57 Å². The van der Waals surface area contributed by atoms with Crippen molar-refractivity contribution in [3.8, 4) is 11.1 Å². The SMILES string of the molecule is O=C(O)Cn1c(CF)c(Cc2ccccc2-c2ccc(Cl)cc2)c2ccccc21. The van der Waals surface area contributed by atoms with Crippen molar-refractivity contribution >= 4 is 28.5 Å². The number of carboxylic acid groups (broad SMARTS) is 1. The third-order valence-corrected chi connectivity index (χ3v) is 5.41. The van der Waals surface area contributed by atoms with Gasteiger partial charge >= 0.3 is 5.97 Å². The van der Waals surface area contributed by atoms with E-state index in [9.17, 15) is 14.3 Å². The second kappa shape index (κ2) is 8.10. The van der Waals surface area contributed by atoms with E-state index in [0.29, 0.717) is 17.1 Å². The van der Waals surface area contributed by atoms with E-state index in [1.807, 2.05) is 72.8 Å². The van der Waals surface area contributed by atoms with Crippen molar-refractivity contribution in [3.05, 3.63) is 94.6 Å². The molecule has 0 radical (unpaired) electrons. The Hall–Kier alpha value is -3.11. The molecule has 0 fully saturated rings. The molecule has 146 valence electrons. The molecule has 0 aliphatic rings. The van der Waals surface area contributed by atoms with Gasteiger partial charge in [0.25, 0.3) is 0 Å². The minimum Gasteiger partial charge on any atom is -0.480 e. The average molecular weight is 408 g/mol. The zero-order chi connectivity index (χ0) is 20.4. The largest absolute Gasteiger partial charge is 0.480 e. The minimum atomic E-state index is -0.992. The fraction of sp³-hybridized carbons (Fsp3) is 0.125. The van der Waals surface area contributed by atoms with Crippen LogP contribution < -0.4 is 0 Å². The summed E-state index contributed by atoms with van der Waals surface area (Å²) >= 11 is 6.03. The Morgan fingerprint density at radius 2 is 1.66 bits per heavy atom. The van der Waals surface area contributed by atoms with Crippen molar-refractivity contribution in [2.45, 2.75) is 19.6 Å². The highest BCUT2D eigenvalue weighted by molar-refractivity contribution is 6.30. The maximum Gasteiger partial charge on any atom is 0.323 e. The highest BCUT2D eigenvalue weighted by atomic mass is 35.5. The molecule has 3 nitrogen and oxygen atoms in total. The van der Waals surface area contributed by atoms with Crippen LogP contribution >= 0.6 is 11.6 Å². The van der Waals surface area contributed by atoms with Gasteiger partial charge in [-0.3, -0.25) is 4.79 Å². The number of alkyl halides is 1. The van der Waals surface area contributed by atoms with Gasteiger partial charge in [-0.2, -0.15) is 0 Å². The van der Waals surface area contributed by atoms with E-state index in [1.165, 1.54) is 0 Å². The monoisotopic (exact) mass is 407 g/mol. The molecule has 0 saturated carbocycles. The lowest BCUT2D eigenvalue weighted by Crippen LogP contribution is -2.11. The number of benzene rings is 3.